The molecule has 4 aromatic rings. The number of carbonyl (C=O) groups is 2. The fourth-order valence-corrected chi connectivity index (χ4v) is 4.93. The second kappa shape index (κ2) is 11.9. The smallest absolute Gasteiger partial charge is 0.253 e. The first-order chi connectivity index (χ1) is 18.5. The minimum absolute atomic E-state index is 0.0719. The van der Waals surface area contributed by atoms with Gasteiger partial charge in [0.1, 0.15) is 5.82 Å². The summed E-state index contributed by atoms with van der Waals surface area (Å²) in [5.41, 5.74) is 2.88. The van der Waals surface area contributed by atoms with Crippen molar-refractivity contribution in [3.8, 4) is 0 Å². The molecule has 2 amide bonds. The van der Waals surface area contributed by atoms with Crippen molar-refractivity contribution >= 4 is 28.4 Å². The predicted molar refractivity (Wildman–Crippen MR) is 152 cm³/mol. The number of carbonyl (C=O) groups excluding carboxylic acids is 2. The Morgan fingerprint density at radius 1 is 0.842 bits per heavy atom. The highest BCUT2D eigenvalue weighted by molar-refractivity contribution is 5.94. The van der Waals surface area contributed by atoms with Crippen molar-refractivity contribution in [2.75, 3.05) is 31.1 Å². The lowest BCUT2D eigenvalue weighted by Gasteiger charge is -2.35. The van der Waals surface area contributed by atoms with Crippen molar-refractivity contribution in [1.82, 2.24) is 15.2 Å². The quantitative estimate of drug-likeness (QED) is 0.370. The average Bonchev–Trinajstić information content (AvgIpc) is 2.97. The summed E-state index contributed by atoms with van der Waals surface area (Å²) in [6.45, 7) is 4.80. The van der Waals surface area contributed by atoms with E-state index in [0.717, 1.165) is 42.7 Å². The van der Waals surface area contributed by atoms with Gasteiger partial charge in [-0.3, -0.25) is 9.59 Å². The fraction of sp³-hybridized carbons (Fsp3) is 0.281. The summed E-state index contributed by atoms with van der Waals surface area (Å²) < 4.78 is 0. The van der Waals surface area contributed by atoms with Crippen LogP contribution >= 0.6 is 0 Å². The van der Waals surface area contributed by atoms with Crippen LogP contribution in [-0.2, 0) is 17.6 Å². The van der Waals surface area contributed by atoms with Crippen LogP contribution in [0.15, 0.2) is 91.1 Å². The molecule has 3 aromatic carbocycles. The number of nitrogens with one attached hydrogen (secondary N) is 1. The van der Waals surface area contributed by atoms with Gasteiger partial charge in [0.2, 0.25) is 5.91 Å². The van der Waals surface area contributed by atoms with E-state index in [-0.39, 0.29) is 17.9 Å². The van der Waals surface area contributed by atoms with Crippen LogP contribution in [0, 0.1) is 0 Å². The predicted octanol–water partition coefficient (Wildman–Crippen LogP) is 4.88. The lowest BCUT2D eigenvalue weighted by molar-refractivity contribution is -0.130. The third kappa shape index (κ3) is 6.38. The number of hydrogen-bond acceptors (Lipinski definition) is 4. The molecular weight excluding hydrogens is 472 g/mol. The molecule has 6 heteroatoms. The molecule has 1 saturated heterocycles. The highest BCUT2D eigenvalue weighted by Gasteiger charge is 2.22. The lowest BCUT2D eigenvalue weighted by atomic mass is 10.0. The highest BCUT2D eigenvalue weighted by atomic mass is 16.2. The molecule has 1 unspecified atom stereocenters. The third-order valence-corrected chi connectivity index (χ3v) is 7.22. The molecular formula is C32H34N4O2. The lowest BCUT2D eigenvalue weighted by Crippen LogP contribution is -2.49. The molecule has 1 aliphatic rings. The molecule has 0 aliphatic carbocycles. The molecule has 1 N–H and O–H groups in total. The minimum atomic E-state index is -0.103. The Balaban J connectivity index is 1.09. The number of aromatic nitrogens is 1. The topological polar surface area (TPSA) is 65.5 Å². The number of pyridine rings is 1. The maximum Gasteiger partial charge on any atom is 0.253 e. The van der Waals surface area contributed by atoms with Gasteiger partial charge < -0.3 is 15.1 Å². The molecule has 2 heterocycles. The van der Waals surface area contributed by atoms with Gasteiger partial charge in [0.05, 0.1) is 12.0 Å². The molecule has 0 radical (unpaired) electrons. The summed E-state index contributed by atoms with van der Waals surface area (Å²) in [5, 5.41) is 5.42. The number of amides is 2. The van der Waals surface area contributed by atoms with E-state index in [1.165, 1.54) is 10.9 Å². The summed E-state index contributed by atoms with van der Waals surface area (Å²) in [4.78, 5) is 34.3. The molecule has 1 aromatic heterocycles. The summed E-state index contributed by atoms with van der Waals surface area (Å²) in [6.07, 6.45) is 3.86. The molecule has 38 heavy (non-hydrogen) atoms. The number of aryl methyl sites for hydroxylation is 1. The second-order valence-corrected chi connectivity index (χ2v) is 10.0. The van der Waals surface area contributed by atoms with E-state index >= 15 is 0 Å². The number of nitrogens with zero attached hydrogens (tertiary/aromatic N) is 3. The maximum atomic E-state index is 12.9. The Morgan fingerprint density at radius 3 is 2.32 bits per heavy atom. The molecule has 1 atom stereocenters. The van der Waals surface area contributed by atoms with Crippen molar-refractivity contribution in [3.05, 3.63) is 108 Å². The van der Waals surface area contributed by atoms with Crippen molar-refractivity contribution in [2.45, 2.75) is 32.2 Å². The van der Waals surface area contributed by atoms with Gasteiger partial charge in [-0.1, -0.05) is 72.8 Å². The van der Waals surface area contributed by atoms with E-state index in [0.29, 0.717) is 25.1 Å². The zero-order valence-corrected chi connectivity index (χ0v) is 21.8. The van der Waals surface area contributed by atoms with E-state index in [1.54, 1.807) is 6.20 Å². The van der Waals surface area contributed by atoms with Crippen molar-refractivity contribution in [3.63, 3.8) is 0 Å². The van der Waals surface area contributed by atoms with Crippen LogP contribution in [0.5, 0.6) is 0 Å². The van der Waals surface area contributed by atoms with Gasteiger partial charge in [0.25, 0.3) is 5.91 Å². The number of anilines is 1. The number of piperazine rings is 1. The SMILES string of the molecule is CC(CCc1ccccc1)NC(=O)c1ccc(N2CCN(C(=O)Cc3ccc4ccccc4c3)CC2)nc1. The minimum Gasteiger partial charge on any atom is -0.353 e. The van der Waals surface area contributed by atoms with Gasteiger partial charge in [0.15, 0.2) is 0 Å². The summed E-state index contributed by atoms with van der Waals surface area (Å²) in [5.74, 6) is 0.885. The van der Waals surface area contributed by atoms with E-state index in [4.69, 9.17) is 0 Å². The Kier molecular flexibility index (Phi) is 7.98. The molecule has 5 rings (SSSR count). The van der Waals surface area contributed by atoms with Gasteiger partial charge in [-0.25, -0.2) is 4.98 Å². The van der Waals surface area contributed by atoms with Crippen molar-refractivity contribution in [2.24, 2.45) is 0 Å². The van der Waals surface area contributed by atoms with Gasteiger partial charge in [-0.2, -0.15) is 0 Å². The van der Waals surface area contributed by atoms with Crippen molar-refractivity contribution in [1.29, 1.82) is 0 Å². The number of hydrogen-bond donors (Lipinski definition) is 1. The van der Waals surface area contributed by atoms with Crippen LogP contribution in [0.4, 0.5) is 5.82 Å². The monoisotopic (exact) mass is 506 g/mol. The fourth-order valence-electron chi connectivity index (χ4n) is 4.93. The number of benzene rings is 3. The molecule has 194 valence electrons. The van der Waals surface area contributed by atoms with Gasteiger partial charge in [0, 0.05) is 38.4 Å². The summed E-state index contributed by atoms with van der Waals surface area (Å²) in [7, 11) is 0. The van der Waals surface area contributed by atoms with Crippen LogP contribution in [0.3, 0.4) is 0 Å². The van der Waals surface area contributed by atoms with E-state index in [1.807, 2.05) is 60.4 Å². The molecule has 1 fully saturated rings. The first kappa shape index (κ1) is 25.5. The number of fused-ring (bicyclic) bond motifs is 1. The standard InChI is InChI=1S/C32H34N4O2/c1-24(11-12-25-7-3-2-4-8-25)34-32(38)29-15-16-30(33-23-29)35-17-19-36(20-18-35)31(37)22-26-13-14-27-9-5-6-10-28(27)21-26/h2-10,13-16,21,23-24H,11-12,17-20,22H2,1H3,(H,34,38). The van der Waals surface area contributed by atoms with E-state index < -0.39 is 0 Å². The van der Waals surface area contributed by atoms with E-state index in [9.17, 15) is 9.59 Å². The molecule has 1 aliphatic heterocycles. The Morgan fingerprint density at radius 2 is 1.58 bits per heavy atom. The summed E-state index contributed by atoms with van der Waals surface area (Å²) in [6, 6.07) is 28.6. The van der Waals surface area contributed by atoms with Crippen LogP contribution in [0.2, 0.25) is 0 Å². The maximum absolute atomic E-state index is 12.9. The normalized spacial score (nSPS) is 14.3. The van der Waals surface area contributed by atoms with Crippen LogP contribution in [0.25, 0.3) is 10.8 Å². The zero-order valence-electron chi connectivity index (χ0n) is 21.8. The molecule has 6 nitrogen and oxygen atoms in total. The Bertz CT molecular complexity index is 1380. The van der Waals surface area contributed by atoms with E-state index in [2.05, 4.69) is 51.6 Å². The van der Waals surface area contributed by atoms with Crippen molar-refractivity contribution < 1.29 is 9.59 Å². The summed E-state index contributed by atoms with van der Waals surface area (Å²) >= 11 is 0. The van der Waals surface area contributed by atoms with Gasteiger partial charge in [-0.15, -0.1) is 0 Å². The largest absolute Gasteiger partial charge is 0.353 e. The third-order valence-electron chi connectivity index (χ3n) is 7.22. The first-order valence-electron chi connectivity index (χ1n) is 13.4. The van der Waals surface area contributed by atoms with Crippen LogP contribution < -0.4 is 10.2 Å². The van der Waals surface area contributed by atoms with Gasteiger partial charge in [-0.05, 0) is 53.8 Å². The Labute approximate surface area is 224 Å². The van der Waals surface area contributed by atoms with Crippen LogP contribution in [0.1, 0.15) is 34.8 Å². The molecule has 0 saturated carbocycles. The Hall–Kier alpha value is -4.19. The average molecular weight is 507 g/mol. The van der Waals surface area contributed by atoms with Gasteiger partial charge >= 0.3 is 0 Å². The zero-order chi connectivity index (χ0) is 26.3. The highest BCUT2D eigenvalue weighted by Crippen LogP contribution is 2.18. The van der Waals surface area contributed by atoms with Crippen LogP contribution in [-0.4, -0.2) is 53.9 Å². The number of rotatable bonds is 8. The molecule has 0 bridgehead atoms. The second-order valence-electron chi connectivity index (χ2n) is 10.0. The first-order valence-corrected chi connectivity index (χ1v) is 13.4. The molecule has 0 spiro atoms.